The fraction of sp³-hybridized carbons (Fsp3) is 0.0833. The van der Waals surface area contributed by atoms with E-state index in [4.69, 9.17) is 16.3 Å². The monoisotopic (exact) mass is 324 g/mol. The van der Waals surface area contributed by atoms with E-state index in [2.05, 4.69) is 20.2 Å². The minimum atomic E-state index is -3.31. The van der Waals surface area contributed by atoms with Crippen LogP contribution in [0.3, 0.4) is 0 Å². The average Bonchev–Trinajstić information content (AvgIpc) is 2.86. The lowest BCUT2D eigenvalue weighted by Gasteiger charge is -2.07. The number of hydrogen-bond acceptors (Lipinski definition) is 6. The van der Waals surface area contributed by atoms with Gasteiger partial charge in [-0.25, -0.2) is 8.42 Å². The van der Waals surface area contributed by atoms with E-state index in [0.717, 1.165) is 6.26 Å². The summed E-state index contributed by atoms with van der Waals surface area (Å²) in [6, 6.07) is 6.11. The molecular formula is C12H9ClN4O3S. The van der Waals surface area contributed by atoms with Crippen LogP contribution in [0.2, 0.25) is 5.28 Å². The maximum atomic E-state index is 11.5. The van der Waals surface area contributed by atoms with E-state index in [1.807, 2.05) is 0 Å². The van der Waals surface area contributed by atoms with Crippen molar-refractivity contribution < 1.29 is 13.2 Å². The number of halogens is 1. The van der Waals surface area contributed by atoms with Gasteiger partial charge < -0.3 is 4.74 Å². The normalized spacial score (nSPS) is 11.7. The topological polar surface area (TPSA) is 97.8 Å². The first-order chi connectivity index (χ1) is 9.93. The lowest BCUT2D eigenvalue weighted by atomic mass is 10.3. The summed E-state index contributed by atoms with van der Waals surface area (Å²) < 4.78 is 28.7. The number of aromatic amines is 1. The highest BCUT2D eigenvalue weighted by Crippen LogP contribution is 2.28. The molecule has 0 saturated heterocycles. The molecule has 108 valence electrons. The Kier molecular flexibility index (Phi) is 3.26. The van der Waals surface area contributed by atoms with Gasteiger partial charge in [0.15, 0.2) is 15.5 Å². The summed E-state index contributed by atoms with van der Waals surface area (Å²) in [6.07, 6.45) is 2.63. The minimum Gasteiger partial charge on any atom is -0.438 e. The Morgan fingerprint density at radius 2 is 2.10 bits per heavy atom. The number of nitrogens with zero attached hydrogens (tertiary/aromatic N) is 3. The molecule has 1 N–H and O–H groups in total. The standard InChI is InChI=1S/C12H9ClN4O3S/c1-21(18,19)8-4-2-3-7(5-8)20-11-9-6-14-17-10(9)15-12(13)16-11/h2-6H,1H3,(H,14,15,16,17). The molecule has 0 bridgehead atoms. The maximum Gasteiger partial charge on any atom is 0.234 e. The number of hydrogen-bond donors (Lipinski definition) is 1. The number of fused-ring (bicyclic) bond motifs is 1. The third-order valence-corrected chi connectivity index (χ3v) is 3.97. The predicted octanol–water partition coefficient (Wildman–Crippen LogP) is 2.20. The van der Waals surface area contributed by atoms with Gasteiger partial charge in [0.2, 0.25) is 11.2 Å². The number of benzene rings is 1. The van der Waals surface area contributed by atoms with Crippen molar-refractivity contribution in [3.05, 3.63) is 35.7 Å². The zero-order valence-corrected chi connectivity index (χ0v) is 12.3. The number of nitrogens with one attached hydrogen (secondary N) is 1. The number of ether oxygens (including phenoxy) is 1. The van der Waals surface area contributed by atoms with Crippen LogP contribution in [0.5, 0.6) is 11.6 Å². The van der Waals surface area contributed by atoms with Crippen LogP contribution in [0, 0.1) is 0 Å². The first-order valence-corrected chi connectivity index (χ1v) is 8.05. The molecule has 0 aliphatic carbocycles. The lowest BCUT2D eigenvalue weighted by molar-refractivity contribution is 0.466. The van der Waals surface area contributed by atoms with E-state index in [-0.39, 0.29) is 16.1 Å². The second-order valence-corrected chi connectivity index (χ2v) is 6.63. The van der Waals surface area contributed by atoms with Crippen molar-refractivity contribution in [1.29, 1.82) is 0 Å². The van der Waals surface area contributed by atoms with E-state index in [0.29, 0.717) is 16.8 Å². The van der Waals surface area contributed by atoms with Gasteiger partial charge in [-0.1, -0.05) is 6.07 Å². The molecule has 1 aromatic carbocycles. The van der Waals surface area contributed by atoms with Crippen LogP contribution in [0.1, 0.15) is 0 Å². The fourth-order valence-electron chi connectivity index (χ4n) is 1.74. The zero-order valence-electron chi connectivity index (χ0n) is 10.7. The van der Waals surface area contributed by atoms with Crippen LogP contribution < -0.4 is 4.74 Å². The van der Waals surface area contributed by atoms with Gasteiger partial charge in [-0.2, -0.15) is 15.1 Å². The molecule has 0 unspecified atom stereocenters. The van der Waals surface area contributed by atoms with Crippen LogP contribution in [0.15, 0.2) is 35.4 Å². The number of aromatic nitrogens is 4. The van der Waals surface area contributed by atoms with Gasteiger partial charge >= 0.3 is 0 Å². The lowest BCUT2D eigenvalue weighted by Crippen LogP contribution is -1.98. The minimum absolute atomic E-state index is 0.000942. The van der Waals surface area contributed by atoms with Crippen molar-refractivity contribution in [2.24, 2.45) is 0 Å². The summed E-state index contributed by atoms with van der Waals surface area (Å²) in [6.45, 7) is 0. The first-order valence-electron chi connectivity index (χ1n) is 5.78. The van der Waals surface area contributed by atoms with Gasteiger partial charge in [0.05, 0.1) is 11.1 Å². The van der Waals surface area contributed by atoms with Crippen molar-refractivity contribution in [1.82, 2.24) is 20.2 Å². The Morgan fingerprint density at radius 1 is 1.29 bits per heavy atom. The molecule has 0 aliphatic heterocycles. The van der Waals surface area contributed by atoms with E-state index in [1.165, 1.54) is 18.3 Å². The summed E-state index contributed by atoms with van der Waals surface area (Å²) in [5.41, 5.74) is 0.435. The van der Waals surface area contributed by atoms with Gasteiger partial charge in [-0.3, -0.25) is 5.10 Å². The quantitative estimate of drug-likeness (QED) is 0.742. The molecule has 0 spiro atoms. The highest BCUT2D eigenvalue weighted by Gasteiger charge is 2.12. The van der Waals surface area contributed by atoms with Gasteiger partial charge in [-0.15, -0.1) is 0 Å². The Bertz CT molecular complexity index is 923. The van der Waals surface area contributed by atoms with E-state index < -0.39 is 9.84 Å². The zero-order chi connectivity index (χ0) is 15.0. The smallest absolute Gasteiger partial charge is 0.234 e. The summed E-state index contributed by atoms with van der Waals surface area (Å²) in [5, 5.41) is 7.05. The van der Waals surface area contributed by atoms with Gasteiger partial charge in [-0.05, 0) is 29.8 Å². The van der Waals surface area contributed by atoms with Crippen molar-refractivity contribution in [3.63, 3.8) is 0 Å². The molecule has 2 heterocycles. The van der Waals surface area contributed by atoms with Gasteiger partial charge in [0, 0.05) is 6.26 Å². The SMILES string of the molecule is CS(=O)(=O)c1cccc(Oc2nc(Cl)nc3[nH]ncc23)c1. The molecule has 21 heavy (non-hydrogen) atoms. The molecule has 7 nitrogen and oxygen atoms in total. The molecule has 3 rings (SSSR count). The van der Waals surface area contributed by atoms with Crippen molar-refractivity contribution in [2.75, 3.05) is 6.26 Å². The average molecular weight is 325 g/mol. The Balaban J connectivity index is 2.05. The second-order valence-electron chi connectivity index (χ2n) is 4.28. The van der Waals surface area contributed by atoms with Gasteiger partial charge in [0.1, 0.15) is 11.1 Å². The van der Waals surface area contributed by atoms with Crippen LogP contribution in [-0.2, 0) is 9.84 Å². The number of sulfone groups is 1. The summed E-state index contributed by atoms with van der Waals surface area (Å²) in [4.78, 5) is 8.09. The number of H-pyrrole nitrogens is 1. The highest BCUT2D eigenvalue weighted by atomic mass is 35.5. The third kappa shape index (κ3) is 2.81. The molecule has 2 aromatic heterocycles. The van der Waals surface area contributed by atoms with Crippen LogP contribution in [-0.4, -0.2) is 34.8 Å². The fourth-order valence-corrected chi connectivity index (χ4v) is 2.56. The van der Waals surface area contributed by atoms with Crippen molar-refractivity contribution >= 4 is 32.5 Å². The molecule has 0 aliphatic rings. The van der Waals surface area contributed by atoms with Crippen molar-refractivity contribution in [2.45, 2.75) is 4.90 Å². The molecule has 9 heteroatoms. The van der Waals surface area contributed by atoms with Crippen LogP contribution in [0.25, 0.3) is 11.0 Å². The molecule has 0 fully saturated rings. The largest absolute Gasteiger partial charge is 0.438 e. The summed E-state index contributed by atoms with van der Waals surface area (Å²) >= 11 is 5.80. The van der Waals surface area contributed by atoms with Crippen LogP contribution >= 0.6 is 11.6 Å². The Morgan fingerprint density at radius 3 is 2.86 bits per heavy atom. The van der Waals surface area contributed by atoms with Crippen molar-refractivity contribution in [3.8, 4) is 11.6 Å². The van der Waals surface area contributed by atoms with E-state index in [1.54, 1.807) is 12.1 Å². The maximum absolute atomic E-state index is 11.5. The van der Waals surface area contributed by atoms with E-state index >= 15 is 0 Å². The third-order valence-electron chi connectivity index (χ3n) is 2.70. The molecule has 0 atom stereocenters. The van der Waals surface area contributed by atoms with Gasteiger partial charge in [0.25, 0.3) is 0 Å². The molecule has 0 saturated carbocycles. The molecular weight excluding hydrogens is 316 g/mol. The second kappa shape index (κ2) is 4.97. The summed E-state index contributed by atoms with van der Waals surface area (Å²) in [7, 11) is -3.31. The van der Waals surface area contributed by atoms with Crippen LogP contribution in [0.4, 0.5) is 0 Å². The molecule has 0 amide bonds. The predicted molar refractivity (Wildman–Crippen MR) is 76.3 cm³/mol. The molecule has 0 radical (unpaired) electrons. The van der Waals surface area contributed by atoms with E-state index in [9.17, 15) is 8.42 Å². The molecule has 3 aromatic rings. The number of rotatable bonds is 3. The highest BCUT2D eigenvalue weighted by molar-refractivity contribution is 7.90. The summed E-state index contributed by atoms with van der Waals surface area (Å²) in [5.74, 6) is 0.527. The Hall–Kier alpha value is -2.19. The Labute approximate surface area is 124 Å². The first kappa shape index (κ1) is 13.8.